The van der Waals surface area contributed by atoms with Crippen LogP contribution in [0.5, 0.6) is 0 Å². The number of hydrogen-bond acceptors (Lipinski definition) is 3. The number of nitro benzene ring substituents is 1. The summed E-state index contributed by atoms with van der Waals surface area (Å²) in [6, 6.07) is 5.07. The number of nitrogens with zero attached hydrogens (tertiary/aromatic N) is 1. The van der Waals surface area contributed by atoms with Crippen molar-refractivity contribution in [1.82, 2.24) is 0 Å². The molecule has 0 N–H and O–H groups in total. The van der Waals surface area contributed by atoms with Gasteiger partial charge in [0.1, 0.15) is 0 Å². The summed E-state index contributed by atoms with van der Waals surface area (Å²) in [4.78, 5) is 11.1. The van der Waals surface area contributed by atoms with Crippen molar-refractivity contribution in [3.8, 4) is 0 Å². The Morgan fingerprint density at radius 3 is 2.87 bits per heavy atom. The summed E-state index contributed by atoms with van der Waals surface area (Å²) in [5.74, 6) is 1.38. The first kappa shape index (κ1) is 12.8. The molecule has 0 fully saturated rings. The fourth-order valence-corrected chi connectivity index (χ4v) is 2.59. The molecule has 0 radical (unpaired) electrons. The fourth-order valence-electron chi connectivity index (χ4n) is 0.992. The molecule has 0 atom stereocenters. The van der Waals surface area contributed by atoms with Crippen molar-refractivity contribution in [2.45, 2.75) is 11.3 Å². The second-order valence-corrected chi connectivity index (χ2v) is 5.19. The molecule has 1 aromatic rings. The van der Waals surface area contributed by atoms with Gasteiger partial charge < -0.3 is 0 Å². The van der Waals surface area contributed by atoms with Crippen molar-refractivity contribution in [3.05, 3.63) is 32.8 Å². The van der Waals surface area contributed by atoms with Gasteiger partial charge in [0.25, 0.3) is 5.69 Å². The minimum absolute atomic E-state index is 0.143. The third kappa shape index (κ3) is 4.01. The molecule has 1 rings (SSSR count). The summed E-state index contributed by atoms with van der Waals surface area (Å²) in [7, 11) is 0. The van der Waals surface area contributed by atoms with Gasteiger partial charge in [0.05, 0.1) is 9.82 Å². The van der Waals surface area contributed by atoms with E-state index in [0.29, 0.717) is 10.8 Å². The standard InChI is InChI=1S/C9H9BrClNO2S/c10-7-2-3-9(15-5-1-4-11)8(6-7)12(13)14/h2-3,6H,1,4-5H2. The van der Waals surface area contributed by atoms with E-state index in [4.69, 9.17) is 11.6 Å². The lowest BCUT2D eigenvalue weighted by Crippen LogP contribution is -1.91. The highest BCUT2D eigenvalue weighted by atomic mass is 79.9. The topological polar surface area (TPSA) is 43.1 Å². The minimum atomic E-state index is -0.367. The van der Waals surface area contributed by atoms with Gasteiger partial charge in [0.15, 0.2) is 0 Å². The molecule has 0 aromatic heterocycles. The number of hydrogen-bond donors (Lipinski definition) is 0. The van der Waals surface area contributed by atoms with Crippen LogP contribution in [-0.2, 0) is 0 Å². The highest BCUT2D eigenvalue weighted by Crippen LogP contribution is 2.31. The van der Waals surface area contributed by atoms with E-state index in [2.05, 4.69) is 15.9 Å². The number of thioether (sulfide) groups is 1. The molecule has 0 spiro atoms. The Bertz CT molecular complexity index is 362. The minimum Gasteiger partial charge on any atom is -0.258 e. The van der Waals surface area contributed by atoms with Crippen LogP contribution in [0.1, 0.15) is 6.42 Å². The monoisotopic (exact) mass is 309 g/mol. The van der Waals surface area contributed by atoms with Crippen molar-refractivity contribution in [2.24, 2.45) is 0 Å². The van der Waals surface area contributed by atoms with Crippen molar-refractivity contribution >= 4 is 45.0 Å². The lowest BCUT2D eigenvalue weighted by Gasteiger charge is -2.02. The Morgan fingerprint density at radius 1 is 1.53 bits per heavy atom. The number of rotatable bonds is 5. The maximum atomic E-state index is 10.8. The molecule has 0 saturated carbocycles. The van der Waals surface area contributed by atoms with E-state index in [1.165, 1.54) is 17.8 Å². The number of benzene rings is 1. The molecule has 0 aliphatic heterocycles. The zero-order chi connectivity index (χ0) is 11.3. The highest BCUT2D eigenvalue weighted by molar-refractivity contribution is 9.10. The average molecular weight is 311 g/mol. The van der Waals surface area contributed by atoms with Crippen LogP contribution in [0.25, 0.3) is 0 Å². The summed E-state index contributed by atoms with van der Waals surface area (Å²) in [5.41, 5.74) is 0.143. The zero-order valence-electron chi connectivity index (χ0n) is 7.78. The zero-order valence-corrected chi connectivity index (χ0v) is 10.9. The first-order valence-electron chi connectivity index (χ1n) is 4.28. The molecule has 0 aliphatic carbocycles. The van der Waals surface area contributed by atoms with Gasteiger partial charge in [-0.15, -0.1) is 23.4 Å². The lowest BCUT2D eigenvalue weighted by atomic mass is 10.3. The van der Waals surface area contributed by atoms with Gasteiger partial charge in [-0.25, -0.2) is 0 Å². The van der Waals surface area contributed by atoms with Crippen molar-refractivity contribution < 1.29 is 4.92 Å². The van der Waals surface area contributed by atoms with E-state index >= 15 is 0 Å². The molecule has 3 nitrogen and oxygen atoms in total. The molecule has 0 unspecified atom stereocenters. The van der Waals surface area contributed by atoms with Crippen LogP contribution in [0.3, 0.4) is 0 Å². The number of nitro groups is 1. The largest absolute Gasteiger partial charge is 0.283 e. The normalized spacial score (nSPS) is 10.3. The van der Waals surface area contributed by atoms with Crippen LogP contribution >= 0.6 is 39.3 Å². The molecule has 0 amide bonds. The highest BCUT2D eigenvalue weighted by Gasteiger charge is 2.13. The third-order valence-corrected chi connectivity index (χ3v) is 3.56. The van der Waals surface area contributed by atoms with Gasteiger partial charge in [0, 0.05) is 16.4 Å². The van der Waals surface area contributed by atoms with E-state index in [1.807, 2.05) is 0 Å². The van der Waals surface area contributed by atoms with E-state index in [1.54, 1.807) is 12.1 Å². The van der Waals surface area contributed by atoms with Gasteiger partial charge in [-0.2, -0.15) is 0 Å². The molecule has 15 heavy (non-hydrogen) atoms. The van der Waals surface area contributed by atoms with E-state index in [-0.39, 0.29) is 10.6 Å². The molecule has 6 heteroatoms. The van der Waals surface area contributed by atoms with Gasteiger partial charge >= 0.3 is 0 Å². The smallest absolute Gasteiger partial charge is 0.258 e. The maximum absolute atomic E-state index is 10.8. The quantitative estimate of drug-likeness (QED) is 0.271. The molecular weight excluding hydrogens is 302 g/mol. The summed E-state index contributed by atoms with van der Waals surface area (Å²) in [6.07, 6.45) is 0.847. The van der Waals surface area contributed by atoms with E-state index in [0.717, 1.165) is 16.6 Å². The summed E-state index contributed by atoms with van der Waals surface area (Å²) in [6.45, 7) is 0. The predicted molar refractivity (Wildman–Crippen MR) is 66.9 cm³/mol. The molecular formula is C9H9BrClNO2S. The first-order valence-corrected chi connectivity index (χ1v) is 6.59. The number of alkyl halides is 1. The van der Waals surface area contributed by atoms with E-state index < -0.39 is 0 Å². The van der Waals surface area contributed by atoms with Crippen molar-refractivity contribution in [2.75, 3.05) is 11.6 Å². The molecule has 0 heterocycles. The molecule has 1 aromatic carbocycles. The van der Waals surface area contributed by atoms with Crippen molar-refractivity contribution in [3.63, 3.8) is 0 Å². The van der Waals surface area contributed by atoms with E-state index in [9.17, 15) is 10.1 Å². The molecule has 0 saturated heterocycles. The maximum Gasteiger partial charge on any atom is 0.283 e. The Morgan fingerprint density at radius 2 is 2.27 bits per heavy atom. The third-order valence-electron chi connectivity index (χ3n) is 1.65. The Labute approximate surface area is 105 Å². The van der Waals surface area contributed by atoms with Gasteiger partial charge in [-0.1, -0.05) is 15.9 Å². The summed E-state index contributed by atoms with van der Waals surface area (Å²) >= 11 is 10.2. The fraction of sp³-hybridized carbons (Fsp3) is 0.333. The van der Waals surface area contributed by atoms with Crippen molar-refractivity contribution in [1.29, 1.82) is 0 Å². The molecule has 82 valence electrons. The number of halogens is 2. The first-order chi connectivity index (χ1) is 7.15. The van der Waals surface area contributed by atoms with Crippen LogP contribution in [-0.4, -0.2) is 16.6 Å². The summed E-state index contributed by atoms with van der Waals surface area (Å²) in [5, 5.41) is 10.8. The van der Waals surface area contributed by atoms with Crippen LogP contribution in [0, 0.1) is 10.1 Å². The Balaban J connectivity index is 2.81. The van der Waals surface area contributed by atoms with Gasteiger partial charge in [-0.3, -0.25) is 10.1 Å². The molecule has 0 aliphatic rings. The summed E-state index contributed by atoms with van der Waals surface area (Å²) < 4.78 is 0.718. The Hall–Kier alpha value is -0.260. The molecule has 0 bridgehead atoms. The SMILES string of the molecule is O=[N+]([O-])c1cc(Br)ccc1SCCCCl. The van der Waals surface area contributed by atoms with Crippen LogP contribution in [0.15, 0.2) is 27.6 Å². The van der Waals surface area contributed by atoms with Gasteiger partial charge in [0.2, 0.25) is 0 Å². The lowest BCUT2D eigenvalue weighted by molar-refractivity contribution is -0.387. The second kappa shape index (κ2) is 6.35. The van der Waals surface area contributed by atoms with Crippen LogP contribution in [0.4, 0.5) is 5.69 Å². The average Bonchev–Trinajstić information content (AvgIpc) is 2.20. The van der Waals surface area contributed by atoms with Crippen LogP contribution in [0.2, 0.25) is 0 Å². The Kier molecular flexibility index (Phi) is 5.42. The van der Waals surface area contributed by atoms with Gasteiger partial charge in [-0.05, 0) is 24.3 Å². The predicted octanol–water partition coefficient (Wildman–Crippen LogP) is 4.08. The second-order valence-electron chi connectivity index (χ2n) is 2.76. The van der Waals surface area contributed by atoms with Crippen LogP contribution < -0.4 is 0 Å².